The molecule has 8 heteroatoms. The fraction of sp³-hybridized carbons (Fsp3) is 0.136. The molecule has 0 aliphatic heterocycles. The van der Waals surface area contributed by atoms with Gasteiger partial charge in [0, 0.05) is 23.4 Å². The van der Waals surface area contributed by atoms with Gasteiger partial charge in [-0.25, -0.2) is 4.79 Å². The molecule has 2 amide bonds. The summed E-state index contributed by atoms with van der Waals surface area (Å²) >= 11 is 1.29. The van der Waals surface area contributed by atoms with Crippen LogP contribution in [0.5, 0.6) is 5.75 Å². The van der Waals surface area contributed by atoms with Gasteiger partial charge in [0.2, 0.25) is 5.91 Å². The van der Waals surface area contributed by atoms with Gasteiger partial charge in [-0.2, -0.15) is 0 Å². The van der Waals surface area contributed by atoms with Crippen LogP contribution < -0.4 is 15.4 Å². The second kappa shape index (κ2) is 9.71. The number of amides is 2. The van der Waals surface area contributed by atoms with Crippen LogP contribution in [0.25, 0.3) is 11.1 Å². The van der Waals surface area contributed by atoms with Crippen LogP contribution in [0.1, 0.15) is 17.3 Å². The number of thiophene rings is 1. The standard InChI is InChI=1S/C22H20N2O5S/c1-14(25)23-17-5-3-4-16(10-17)15-6-8-18(9-7-15)29-11-21(26)24-20-13-30-12-19(20)22(27)28-2/h3-10,12-13H,11H2,1-2H3,(H,23,25)(H,24,26). The molecule has 2 aromatic carbocycles. The molecule has 2 N–H and O–H groups in total. The molecule has 7 nitrogen and oxygen atoms in total. The van der Waals surface area contributed by atoms with Gasteiger partial charge in [-0.05, 0) is 35.4 Å². The van der Waals surface area contributed by atoms with Crippen LogP contribution in [0.15, 0.2) is 59.3 Å². The van der Waals surface area contributed by atoms with E-state index in [4.69, 9.17) is 4.74 Å². The number of hydrogen-bond acceptors (Lipinski definition) is 6. The second-order valence-corrected chi connectivity index (χ2v) is 7.06. The summed E-state index contributed by atoms with van der Waals surface area (Å²) < 4.78 is 10.2. The third-order valence-electron chi connectivity index (χ3n) is 4.08. The minimum absolute atomic E-state index is 0.129. The Morgan fingerprint density at radius 2 is 1.73 bits per heavy atom. The van der Waals surface area contributed by atoms with Gasteiger partial charge in [-0.15, -0.1) is 11.3 Å². The maximum absolute atomic E-state index is 12.1. The predicted octanol–water partition coefficient (Wildman–Crippen LogP) is 4.18. The molecule has 3 aromatic rings. The molecule has 0 bridgehead atoms. The zero-order chi connectivity index (χ0) is 21.5. The lowest BCUT2D eigenvalue weighted by Crippen LogP contribution is -2.21. The fourth-order valence-electron chi connectivity index (χ4n) is 2.72. The summed E-state index contributed by atoms with van der Waals surface area (Å²) in [7, 11) is 1.29. The van der Waals surface area contributed by atoms with Gasteiger partial charge in [-0.1, -0.05) is 24.3 Å². The van der Waals surface area contributed by atoms with Crippen molar-refractivity contribution in [1.82, 2.24) is 0 Å². The van der Waals surface area contributed by atoms with Crippen LogP contribution in [0, 0.1) is 0 Å². The third-order valence-corrected chi connectivity index (χ3v) is 4.83. The molecule has 3 rings (SSSR count). The van der Waals surface area contributed by atoms with Gasteiger partial charge in [0.1, 0.15) is 5.75 Å². The summed E-state index contributed by atoms with van der Waals surface area (Å²) in [5, 5.41) is 8.68. The Morgan fingerprint density at radius 3 is 2.43 bits per heavy atom. The highest BCUT2D eigenvalue weighted by Crippen LogP contribution is 2.25. The van der Waals surface area contributed by atoms with Crippen molar-refractivity contribution in [2.24, 2.45) is 0 Å². The van der Waals surface area contributed by atoms with E-state index in [1.54, 1.807) is 22.9 Å². The topological polar surface area (TPSA) is 93.7 Å². The molecule has 154 valence electrons. The number of carbonyl (C=O) groups is 3. The first-order valence-corrected chi connectivity index (χ1v) is 9.96. The maximum Gasteiger partial charge on any atom is 0.340 e. The summed E-state index contributed by atoms with van der Waals surface area (Å²) in [6.45, 7) is 1.26. The average Bonchev–Trinajstić information content (AvgIpc) is 3.20. The largest absolute Gasteiger partial charge is 0.484 e. The lowest BCUT2D eigenvalue weighted by molar-refractivity contribution is -0.118. The molecule has 0 unspecified atom stereocenters. The van der Waals surface area contributed by atoms with E-state index in [0.717, 1.165) is 16.8 Å². The minimum Gasteiger partial charge on any atom is -0.484 e. The van der Waals surface area contributed by atoms with Crippen LogP contribution >= 0.6 is 11.3 Å². The molecular formula is C22H20N2O5S. The Hall–Kier alpha value is -3.65. The Labute approximate surface area is 177 Å². The molecule has 1 heterocycles. The zero-order valence-electron chi connectivity index (χ0n) is 16.4. The SMILES string of the molecule is COC(=O)c1cscc1NC(=O)COc1ccc(-c2cccc(NC(C)=O)c2)cc1. The van der Waals surface area contributed by atoms with Gasteiger partial charge in [0.15, 0.2) is 6.61 Å². The Balaban J connectivity index is 1.59. The number of esters is 1. The van der Waals surface area contributed by atoms with Crippen LogP contribution in [-0.4, -0.2) is 31.5 Å². The monoisotopic (exact) mass is 424 g/mol. The van der Waals surface area contributed by atoms with Crippen LogP contribution in [-0.2, 0) is 14.3 Å². The van der Waals surface area contributed by atoms with Crippen molar-refractivity contribution in [3.05, 3.63) is 64.9 Å². The van der Waals surface area contributed by atoms with E-state index in [-0.39, 0.29) is 18.4 Å². The summed E-state index contributed by atoms with van der Waals surface area (Å²) in [5.74, 6) is -0.489. The molecule has 0 saturated carbocycles. The van der Waals surface area contributed by atoms with E-state index < -0.39 is 5.97 Å². The zero-order valence-corrected chi connectivity index (χ0v) is 17.2. The summed E-state index contributed by atoms with van der Waals surface area (Å²) in [6.07, 6.45) is 0. The molecule has 0 spiro atoms. The highest BCUT2D eigenvalue weighted by atomic mass is 32.1. The molecule has 0 aliphatic rings. The van der Waals surface area contributed by atoms with E-state index >= 15 is 0 Å². The molecule has 0 atom stereocenters. The van der Waals surface area contributed by atoms with E-state index in [2.05, 4.69) is 15.4 Å². The van der Waals surface area contributed by atoms with Crippen molar-refractivity contribution in [2.75, 3.05) is 24.4 Å². The summed E-state index contributed by atoms with van der Waals surface area (Å²) in [5.41, 5.74) is 3.31. The number of anilines is 2. The summed E-state index contributed by atoms with van der Waals surface area (Å²) in [6, 6.07) is 14.8. The van der Waals surface area contributed by atoms with Gasteiger partial charge in [0.05, 0.1) is 18.4 Å². The molecule has 30 heavy (non-hydrogen) atoms. The summed E-state index contributed by atoms with van der Waals surface area (Å²) in [4.78, 5) is 35.0. The minimum atomic E-state index is -0.509. The lowest BCUT2D eigenvalue weighted by Gasteiger charge is -2.09. The van der Waals surface area contributed by atoms with Crippen LogP contribution in [0.3, 0.4) is 0 Å². The van der Waals surface area contributed by atoms with E-state index in [1.165, 1.54) is 25.4 Å². The quantitative estimate of drug-likeness (QED) is 0.555. The van der Waals surface area contributed by atoms with Gasteiger partial charge in [-0.3, -0.25) is 9.59 Å². The smallest absolute Gasteiger partial charge is 0.340 e. The number of methoxy groups -OCH3 is 1. The van der Waals surface area contributed by atoms with Gasteiger partial charge < -0.3 is 20.1 Å². The van der Waals surface area contributed by atoms with Crippen LogP contribution in [0.4, 0.5) is 11.4 Å². The van der Waals surface area contributed by atoms with E-state index in [9.17, 15) is 14.4 Å². The molecule has 0 aliphatic carbocycles. The van der Waals surface area contributed by atoms with Crippen molar-refractivity contribution in [1.29, 1.82) is 0 Å². The van der Waals surface area contributed by atoms with Crippen molar-refractivity contribution in [2.45, 2.75) is 6.92 Å². The number of ether oxygens (including phenoxy) is 2. The third kappa shape index (κ3) is 5.45. The Morgan fingerprint density at radius 1 is 0.967 bits per heavy atom. The first-order chi connectivity index (χ1) is 14.5. The van der Waals surface area contributed by atoms with Gasteiger partial charge in [0.25, 0.3) is 5.91 Å². The Kier molecular flexibility index (Phi) is 6.82. The average molecular weight is 424 g/mol. The van der Waals surface area contributed by atoms with E-state index in [0.29, 0.717) is 17.0 Å². The number of nitrogens with one attached hydrogen (secondary N) is 2. The lowest BCUT2D eigenvalue weighted by atomic mass is 10.1. The van der Waals surface area contributed by atoms with Crippen molar-refractivity contribution >= 4 is 40.5 Å². The fourth-order valence-corrected chi connectivity index (χ4v) is 3.47. The molecular weight excluding hydrogens is 404 g/mol. The highest BCUT2D eigenvalue weighted by Gasteiger charge is 2.15. The number of carbonyl (C=O) groups excluding carboxylic acids is 3. The second-order valence-electron chi connectivity index (χ2n) is 6.31. The van der Waals surface area contributed by atoms with Crippen molar-refractivity contribution in [3.63, 3.8) is 0 Å². The highest BCUT2D eigenvalue weighted by molar-refractivity contribution is 7.08. The predicted molar refractivity (Wildman–Crippen MR) is 116 cm³/mol. The number of hydrogen-bond donors (Lipinski definition) is 2. The van der Waals surface area contributed by atoms with Gasteiger partial charge >= 0.3 is 5.97 Å². The van der Waals surface area contributed by atoms with Crippen LogP contribution in [0.2, 0.25) is 0 Å². The van der Waals surface area contributed by atoms with Crippen molar-refractivity contribution < 1.29 is 23.9 Å². The normalized spacial score (nSPS) is 10.2. The first kappa shape index (κ1) is 21.1. The van der Waals surface area contributed by atoms with Crippen molar-refractivity contribution in [3.8, 4) is 16.9 Å². The Bertz CT molecular complexity index is 1060. The maximum atomic E-state index is 12.1. The first-order valence-electron chi connectivity index (χ1n) is 9.01. The van der Waals surface area contributed by atoms with E-state index in [1.807, 2.05) is 36.4 Å². The molecule has 0 fully saturated rings. The molecule has 0 saturated heterocycles. The number of benzene rings is 2. The number of rotatable bonds is 7. The molecule has 0 radical (unpaired) electrons. The molecule has 1 aromatic heterocycles.